The van der Waals surface area contributed by atoms with Gasteiger partial charge in [-0.2, -0.15) is 0 Å². The van der Waals surface area contributed by atoms with E-state index < -0.39 is 6.09 Å². The van der Waals surface area contributed by atoms with Gasteiger partial charge in [0.25, 0.3) is 0 Å². The second kappa shape index (κ2) is 6.05. The van der Waals surface area contributed by atoms with E-state index in [0.29, 0.717) is 17.2 Å². The lowest BCUT2D eigenvalue weighted by Gasteiger charge is -2.09. The van der Waals surface area contributed by atoms with Gasteiger partial charge in [0.05, 0.1) is 5.69 Å². The number of carbonyl (C=O) groups is 1. The first-order valence-electron chi connectivity index (χ1n) is 6.29. The molecule has 0 spiro atoms. The van der Waals surface area contributed by atoms with Gasteiger partial charge in [0.15, 0.2) is 11.5 Å². The first-order chi connectivity index (χ1) is 10.2. The smallest absolute Gasteiger partial charge is 0.412 e. The van der Waals surface area contributed by atoms with Crippen LogP contribution in [0.3, 0.4) is 0 Å². The lowest BCUT2D eigenvalue weighted by molar-refractivity contribution is 0.154. The van der Waals surface area contributed by atoms with Crippen molar-refractivity contribution in [2.24, 2.45) is 0 Å². The first kappa shape index (κ1) is 13.8. The Balaban J connectivity index is 1.65. The molecule has 1 aliphatic rings. The summed E-state index contributed by atoms with van der Waals surface area (Å²) in [6, 6.07) is 13.0. The number of anilines is 1. The molecule has 0 bridgehead atoms. The predicted molar refractivity (Wildman–Crippen MR) is 80.5 cm³/mol. The summed E-state index contributed by atoms with van der Waals surface area (Å²) in [6.07, 6.45) is -0.547. The van der Waals surface area contributed by atoms with E-state index in [4.69, 9.17) is 14.2 Å². The average Bonchev–Trinajstić information content (AvgIpc) is 2.94. The van der Waals surface area contributed by atoms with Gasteiger partial charge in [-0.3, -0.25) is 5.32 Å². The third-order valence-corrected chi connectivity index (χ3v) is 3.34. The van der Waals surface area contributed by atoms with Crippen molar-refractivity contribution in [1.29, 1.82) is 0 Å². The molecule has 0 unspecified atom stereocenters. The number of carbonyl (C=O) groups excluding carboxylic acids is 1. The van der Waals surface area contributed by atoms with E-state index in [1.54, 1.807) is 12.1 Å². The summed E-state index contributed by atoms with van der Waals surface area (Å²) in [5.41, 5.74) is 1.43. The van der Waals surface area contributed by atoms with Crippen molar-refractivity contribution in [1.82, 2.24) is 0 Å². The summed E-state index contributed by atoms with van der Waals surface area (Å²) in [5, 5.41) is 2.66. The number of benzene rings is 2. The van der Waals surface area contributed by atoms with Crippen molar-refractivity contribution in [2.45, 2.75) is 6.61 Å². The number of nitrogens with one attached hydrogen (secondary N) is 1. The zero-order valence-electron chi connectivity index (χ0n) is 11.0. The van der Waals surface area contributed by atoms with E-state index in [1.807, 2.05) is 30.3 Å². The number of amides is 1. The normalized spacial score (nSPS) is 12.0. The van der Waals surface area contributed by atoms with Crippen LogP contribution in [0, 0.1) is 0 Å². The highest BCUT2D eigenvalue weighted by Gasteiger charge is 2.20. The predicted octanol–water partition coefficient (Wildman–Crippen LogP) is 3.93. The van der Waals surface area contributed by atoms with Crippen LogP contribution in [0.15, 0.2) is 46.9 Å². The number of fused-ring (bicyclic) bond motifs is 1. The largest absolute Gasteiger partial charge is 0.453 e. The fraction of sp³-hybridized carbons (Fsp3) is 0.133. The molecule has 0 fully saturated rings. The molecule has 0 saturated heterocycles. The van der Waals surface area contributed by atoms with Gasteiger partial charge in [-0.25, -0.2) is 4.79 Å². The Morgan fingerprint density at radius 2 is 2.05 bits per heavy atom. The minimum atomic E-state index is -0.547. The van der Waals surface area contributed by atoms with Crippen molar-refractivity contribution in [3.8, 4) is 11.5 Å². The molecule has 1 amide bonds. The van der Waals surface area contributed by atoms with Gasteiger partial charge in [-0.15, -0.1) is 0 Å². The molecule has 0 radical (unpaired) electrons. The van der Waals surface area contributed by atoms with Crippen molar-refractivity contribution in [3.63, 3.8) is 0 Å². The van der Waals surface area contributed by atoms with E-state index in [2.05, 4.69) is 21.2 Å². The Bertz CT molecular complexity index is 660. The van der Waals surface area contributed by atoms with Crippen LogP contribution >= 0.6 is 15.9 Å². The Morgan fingerprint density at radius 3 is 2.86 bits per heavy atom. The maximum Gasteiger partial charge on any atom is 0.412 e. The molecular formula is C15H12BrNO4. The number of hydrogen-bond acceptors (Lipinski definition) is 4. The van der Waals surface area contributed by atoms with Gasteiger partial charge in [-0.05, 0) is 17.7 Å². The SMILES string of the molecule is O=C(Nc1cc(Br)cc2c1OCO2)OCc1ccccc1. The highest BCUT2D eigenvalue weighted by molar-refractivity contribution is 9.10. The average molecular weight is 350 g/mol. The molecule has 0 saturated carbocycles. The molecule has 6 heteroatoms. The molecule has 5 nitrogen and oxygen atoms in total. The summed E-state index contributed by atoms with van der Waals surface area (Å²) in [4.78, 5) is 11.9. The second-order valence-electron chi connectivity index (χ2n) is 4.37. The van der Waals surface area contributed by atoms with E-state index in [1.165, 1.54) is 0 Å². The maximum absolute atomic E-state index is 11.9. The Kier molecular flexibility index (Phi) is 3.96. The topological polar surface area (TPSA) is 56.8 Å². The van der Waals surface area contributed by atoms with E-state index in [-0.39, 0.29) is 13.4 Å². The quantitative estimate of drug-likeness (QED) is 0.912. The maximum atomic E-state index is 11.9. The van der Waals surface area contributed by atoms with Crippen LogP contribution in [0.25, 0.3) is 0 Å². The Labute approximate surface area is 129 Å². The minimum absolute atomic E-state index is 0.138. The van der Waals surface area contributed by atoms with Crippen molar-refractivity contribution in [2.75, 3.05) is 12.1 Å². The molecule has 3 rings (SSSR count). The highest BCUT2D eigenvalue weighted by Crippen LogP contribution is 2.41. The van der Waals surface area contributed by atoms with Crippen LogP contribution in [-0.4, -0.2) is 12.9 Å². The lowest BCUT2D eigenvalue weighted by atomic mass is 10.2. The van der Waals surface area contributed by atoms with Crippen LogP contribution in [0.1, 0.15) is 5.56 Å². The summed E-state index contributed by atoms with van der Waals surface area (Å²) in [6.45, 7) is 0.347. The van der Waals surface area contributed by atoms with Crippen LogP contribution in [0.5, 0.6) is 11.5 Å². The van der Waals surface area contributed by atoms with Crippen molar-refractivity contribution < 1.29 is 19.0 Å². The van der Waals surface area contributed by atoms with Gasteiger partial charge in [0.1, 0.15) is 6.61 Å². The van der Waals surface area contributed by atoms with Gasteiger partial charge >= 0.3 is 6.09 Å². The van der Waals surface area contributed by atoms with Gasteiger partial charge < -0.3 is 14.2 Å². The molecule has 2 aromatic carbocycles. The van der Waals surface area contributed by atoms with Gasteiger partial charge in [0, 0.05) is 4.47 Å². The van der Waals surface area contributed by atoms with Crippen molar-refractivity contribution >= 4 is 27.7 Å². The standard InChI is InChI=1S/C15H12BrNO4/c16-11-6-12(14-13(7-11)20-9-21-14)17-15(18)19-8-10-4-2-1-3-5-10/h1-7H,8-9H2,(H,17,18). The zero-order chi connectivity index (χ0) is 14.7. The Hall–Kier alpha value is -2.21. The van der Waals surface area contributed by atoms with Crippen molar-refractivity contribution in [3.05, 3.63) is 52.5 Å². The molecule has 0 aliphatic carbocycles. The Morgan fingerprint density at radius 1 is 1.24 bits per heavy atom. The number of halogens is 1. The third kappa shape index (κ3) is 3.28. The monoisotopic (exact) mass is 349 g/mol. The second-order valence-corrected chi connectivity index (χ2v) is 5.29. The molecule has 108 valence electrons. The summed E-state index contributed by atoms with van der Waals surface area (Å²) < 4.78 is 16.6. The van der Waals surface area contributed by atoms with Crippen LogP contribution < -0.4 is 14.8 Å². The molecule has 21 heavy (non-hydrogen) atoms. The molecule has 1 heterocycles. The van der Waals surface area contributed by atoms with Gasteiger partial charge in [-0.1, -0.05) is 46.3 Å². The van der Waals surface area contributed by atoms with Crippen LogP contribution in [-0.2, 0) is 11.3 Å². The summed E-state index contributed by atoms with van der Waals surface area (Å²) in [5.74, 6) is 1.09. The summed E-state index contributed by atoms with van der Waals surface area (Å²) >= 11 is 3.35. The van der Waals surface area contributed by atoms with Crippen LogP contribution in [0.2, 0.25) is 0 Å². The van der Waals surface area contributed by atoms with E-state index >= 15 is 0 Å². The minimum Gasteiger partial charge on any atom is -0.453 e. The number of hydrogen-bond donors (Lipinski definition) is 1. The molecule has 2 aromatic rings. The first-order valence-corrected chi connectivity index (χ1v) is 7.08. The fourth-order valence-electron chi connectivity index (χ4n) is 1.94. The fourth-order valence-corrected chi connectivity index (χ4v) is 2.38. The molecule has 1 aliphatic heterocycles. The van der Waals surface area contributed by atoms with Gasteiger partial charge in [0.2, 0.25) is 6.79 Å². The lowest BCUT2D eigenvalue weighted by Crippen LogP contribution is -2.14. The molecule has 1 N–H and O–H groups in total. The zero-order valence-corrected chi connectivity index (χ0v) is 12.6. The summed E-state index contributed by atoms with van der Waals surface area (Å²) in [7, 11) is 0. The molecular weight excluding hydrogens is 338 g/mol. The number of rotatable bonds is 3. The third-order valence-electron chi connectivity index (χ3n) is 2.89. The molecule has 0 atom stereocenters. The van der Waals surface area contributed by atoms with Crippen LogP contribution in [0.4, 0.5) is 10.5 Å². The van der Waals surface area contributed by atoms with E-state index in [9.17, 15) is 4.79 Å². The highest BCUT2D eigenvalue weighted by atomic mass is 79.9. The number of ether oxygens (including phenoxy) is 3. The molecule has 0 aromatic heterocycles. The van der Waals surface area contributed by atoms with E-state index in [0.717, 1.165) is 10.0 Å².